The van der Waals surface area contributed by atoms with E-state index in [-0.39, 0.29) is 45.9 Å². The number of carbonyl (C=O) groups is 3. The minimum Gasteiger partial charge on any atom is -0.507 e. The molecule has 0 heterocycles. The summed E-state index contributed by atoms with van der Waals surface area (Å²) in [5.41, 5.74) is 2.90. The van der Waals surface area contributed by atoms with E-state index in [0.717, 1.165) is 12.1 Å². The van der Waals surface area contributed by atoms with Crippen LogP contribution in [0.2, 0.25) is 0 Å². The zero-order chi connectivity index (χ0) is 31.0. The largest absolute Gasteiger partial charge is 0.507 e. The topological polar surface area (TPSA) is 177 Å². The van der Waals surface area contributed by atoms with E-state index in [1.54, 1.807) is 32.3 Å². The SMILES string of the molecule is CN(C)C1C(=O)C(C(N)=O)C(=N)C2(O)C(=O)C3C(Cc4c(c(O)c5cc(CNCC(C)(C)C)ccc5c4F)C3O)CC12. The van der Waals surface area contributed by atoms with Crippen molar-refractivity contribution in [3.8, 4) is 5.75 Å². The van der Waals surface area contributed by atoms with Gasteiger partial charge in [-0.15, -0.1) is 0 Å². The lowest BCUT2D eigenvalue weighted by atomic mass is 9.51. The number of phenolic OH excluding ortho intramolecular Hbond substituents is 1. The zero-order valence-corrected chi connectivity index (χ0v) is 24.5. The molecule has 0 spiro atoms. The van der Waals surface area contributed by atoms with Gasteiger partial charge in [-0.25, -0.2) is 4.39 Å². The van der Waals surface area contributed by atoms with Gasteiger partial charge in [-0.3, -0.25) is 19.3 Å². The van der Waals surface area contributed by atoms with Crippen LogP contribution in [-0.2, 0) is 27.3 Å². The number of hydrogen-bond donors (Lipinski definition) is 6. The Bertz CT molecular complexity index is 1520. The summed E-state index contributed by atoms with van der Waals surface area (Å²) in [6.07, 6.45) is -1.71. The summed E-state index contributed by atoms with van der Waals surface area (Å²) < 4.78 is 16.1. The number of ketones is 2. The van der Waals surface area contributed by atoms with Crippen molar-refractivity contribution >= 4 is 34.0 Å². The van der Waals surface area contributed by atoms with Crippen molar-refractivity contribution in [2.45, 2.75) is 57.9 Å². The van der Waals surface area contributed by atoms with E-state index in [1.165, 1.54) is 4.90 Å². The minimum atomic E-state index is -2.54. The molecular weight excluding hydrogens is 543 g/mol. The number of benzene rings is 2. The average molecular weight is 583 g/mol. The number of phenols is 1. The smallest absolute Gasteiger partial charge is 0.233 e. The monoisotopic (exact) mass is 582 g/mol. The molecule has 0 radical (unpaired) electrons. The van der Waals surface area contributed by atoms with E-state index >= 15 is 4.39 Å². The number of nitrogens with two attached hydrogens (primary N) is 1. The Morgan fingerprint density at radius 2 is 1.90 bits per heavy atom. The molecule has 2 fully saturated rings. The van der Waals surface area contributed by atoms with Crippen LogP contribution in [0.15, 0.2) is 18.2 Å². The number of amides is 1. The lowest BCUT2D eigenvalue weighted by Crippen LogP contribution is -2.73. The van der Waals surface area contributed by atoms with Gasteiger partial charge in [0.15, 0.2) is 17.2 Å². The van der Waals surface area contributed by atoms with E-state index in [2.05, 4.69) is 26.1 Å². The fourth-order valence-corrected chi connectivity index (χ4v) is 7.42. The van der Waals surface area contributed by atoms with Gasteiger partial charge in [-0.05, 0) is 55.5 Å². The Hall–Kier alpha value is -3.25. The molecule has 2 saturated carbocycles. The first-order valence-electron chi connectivity index (χ1n) is 14.2. The number of primary amides is 1. The van der Waals surface area contributed by atoms with Crippen LogP contribution < -0.4 is 11.1 Å². The van der Waals surface area contributed by atoms with E-state index in [1.807, 2.05) is 0 Å². The van der Waals surface area contributed by atoms with Gasteiger partial charge in [0.2, 0.25) is 5.91 Å². The Labute approximate surface area is 243 Å². The second-order valence-electron chi connectivity index (χ2n) is 13.6. The molecule has 42 heavy (non-hydrogen) atoms. The molecule has 0 saturated heterocycles. The summed E-state index contributed by atoms with van der Waals surface area (Å²) >= 11 is 0. The van der Waals surface area contributed by atoms with E-state index < -0.39 is 70.4 Å². The standard InChI is InChI=1S/C31H39FN4O6/c1-30(2,3)12-35-11-13-6-7-15-16(8-13)24(37)20-17(22(15)32)9-14-10-18-23(36(4)5)26(39)21(29(34)41)27(33)31(18,42)28(40)19(14)25(20)38/h6-8,14,18-19,21,23,25,33,35,37-38,42H,9-12H2,1-5H3,(H2,34,41). The van der Waals surface area contributed by atoms with Crippen molar-refractivity contribution in [2.24, 2.45) is 34.8 Å². The normalized spacial score (nSPS) is 31.2. The lowest BCUT2D eigenvalue weighted by Gasteiger charge is -2.55. The average Bonchev–Trinajstić information content (AvgIpc) is 2.88. The summed E-state index contributed by atoms with van der Waals surface area (Å²) in [4.78, 5) is 41.1. The van der Waals surface area contributed by atoms with Crippen molar-refractivity contribution in [3.05, 3.63) is 40.7 Å². The highest BCUT2D eigenvalue weighted by atomic mass is 19.1. The first kappa shape index (κ1) is 30.2. The molecule has 0 aliphatic heterocycles. The van der Waals surface area contributed by atoms with E-state index in [9.17, 15) is 29.7 Å². The van der Waals surface area contributed by atoms with Crippen LogP contribution in [0, 0.1) is 40.3 Å². The first-order chi connectivity index (χ1) is 19.5. The van der Waals surface area contributed by atoms with Gasteiger partial charge >= 0.3 is 0 Å². The molecule has 3 aliphatic carbocycles. The van der Waals surface area contributed by atoms with Crippen LogP contribution >= 0.6 is 0 Å². The van der Waals surface area contributed by atoms with Crippen LogP contribution in [0.3, 0.4) is 0 Å². The number of likely N-dealkylation sites (N-methyl/N-ethyl adjacent to an activating group) is 1. The minimum absolute atomic E-state index is 0.00246. The van der Waals surface area contributed by atoms with Gasteiger partial charge in [0, 0.05) is 35.3 Å². The number of Topliss-reactive ketones (excluding diaryl/α,β-unsaturated/α-hetero) is 2. The molecule has 226 valence electrons. The Morgan fingerprint density at radius 3 is 2.50 bits per heavy atom. The van der Waals surface area contributed by atoms with Crippen molar-refractivity contribution < 1.29 is 34.1 Å². The summed E-state index contributed by atoms with van der Waals surface area (Å²) in [5.74, 6) is -8.61. The maximum absolute atomic E-state index is 16.1. The molecule has 2 aromatic rings. The Morgan fingerprint density at radius 1 is 1.24 bits per heavy atom. The van der Waals surface area contributed by atoms with Gasteiger partial charge in [0.1, 0.15) is 17.5 Å². The molecule has 11 heteroatoms. The molecule has 0 bridgehead atoms. The zero-order valence-electron chi connectivity index (χ0n) is 24.5. The maximum atomic E-state index is 16.1. The van der Waals surface area contributed by atoms with Crippen LogP contribution in [-0.4, -0.2) is 75.7 Å². The van der Waals surface area contributed by atoms with E-state index in [4.69, 9.17) is 11.1 Å². The summed E-state index contributed by atoms with van der Waals surface area (Å²) in [7, 11) is 3.13. The fraction of sp³-hybridized carbons (Fsp3) is 0.548. The van der Waals surface area contributed by atoms with Gasteiger partial charge in [0.25, 0.3) is 0 Å². The predicted octanol–water partition coefficient (Wildman–Crippen LogP) is 1.60. The molecule has 2 aromatic carbocycles. The number of halogens is 1. The van der Waals surface area contributed by atoms with Crippen LogP contribution in [0.4, 0.5) is 4.39 Å². The number of nitrogens with zero attached hydrogens (tertiary/aromatic N) is 1. The Kier molecular flexibility index (Phi) is 7.33. The second kappa shape index (κ2) is 10.2. The van der Waals surface area contributed by atoms with Gasteiger partial charge in [0.05, 0.1) is 23.8 Å². The number of aromatic hydroxyl groups is 1. The number of nitrogens with one attached hydrogen (secondary N) is 2. The van der Waals surface area contributed by atoms with Gasteiger partial charge < -0.3 is 31.8 Å². The van der Waals surface area contributed by atoms with Gasteiger partial charge in [-0.1, -0.05) is 32.9 Å². The molecule has 5 rings (SSSR count). The number of fused-ring (bicyclic) bond motifs is 4. The third-order valence-electron chi connectivity index (χ3n) is 9.28. The van der Waals surface area contributed by atoms with Crippen LogP contribution in [0.25, 0.3) is 10.8 Å². The highest BCUT2D eigenvalue weighted by Gasteiger charge is 2.67. The van der Waals surface area contributed by atoms with Crippen molar-refractivity contribution in [1.82, 2.24) is 10.2 Å². The molecule has 10 nitrogen and oxygen atoms in total. The fourth-order valence-electron chi connectivity index (χ4n) is 7.42. The quantitative estimate of drug-likeness (QED) is 0.288. The van der Waals surface area contributed by atoms with E-state index in [0.29, 0.717) is 6.54 Å². The number of carbonyl (C=O) groups excluding carboxylic acids is 3. The molecule has 7 unspecified atom stereocenters. The maximum Gasteiger partial charge on any atom is 0.233 e. The van der Waals surface area contributed by atoms with Crippen LogP contribution in [0.5, 0.6) is 5.75 Å². The number of aliphatic hydroxyl groups excluding tert-OH is 1. The molecule has 1 amide bonds. The van der Waals surface area contributed by atoms with Crippen molar-refractivity contribution in [1.29, 1.82) is 5.41 Å². The second-order valence-corrected chi connectivity index (χ2v) is 13.6. The number of aliphatic hydroxyl groups is 2. The van der Waals surface area contributed by atoms with Crippen LogP contribution in [0.1, 0.15) is 50.0 Å². The van der Waals surface area contributed by atoms with Gasteiger partial charge in [-0.2, -0.15) is 0 Å². The predicted molar refractivity (Wildman–Crippen MR) is 153 cm³/mol. The summed E-state index contributed by atoms with van der Waals surface area (Å²) in [6.45, 7) is 7.48. The number of hydrogen-bond acceptors (Lipinski definition) is 9. The highest BCUT2D eigenvalue weighted by Crippen LogP contribution is 2.55. The number of rotatable bonds is 5. The van der Waals surface area contributed by atoms with Crippen molar-refractivity contribution in [2.75, 3.05) is 20.6 Å². The Balaban J connectivity index is 1.59. The molecule has 0 aromatic heterocycles. The third kappa shape index (κ3) is 4.45. The third-order valence-corrected chi connectivity index (χ3v) is 9.28. The lowest BCUT2D eigenvalue weighted by molar-refractivity contribution is -0.165. The summed E-state index contributed by atoms with van der Waals surface area (Å²) in [5, 5.41) is 47.1. The molecule has 3 aliphatic rings. The van der Waals surface area contributed by atoms with Crippen molar-refractivity contribution in [3.63, 3.8) is 0 Å². The highest BCUT2D eigenvalue weighted by molar-refractivity contribution is 6.30. The summed E-state index contributed by atoms with van der Waals surface area (Å²) in [6, 6.07) is 3.91. The molecular formula is C31H39FN4O6. The first-order valence-corrected chi connectivity index (χ1v) is 14.2. The molecule has 7 N–H and O–H groups in total. The molecule has 7 atom stereocenters.